The van der Waals surface area contributed by atoms with Crippen LogP contribution in [0, 0.1) is 0 Å². The van der Waals surface area contributed by atoms with Crippen molar-refractivity contribution in [3.8, 4) is 17.2 Å². The van der Waals surface area contributed by atoms with Gasteiger partial charge in [-0.05, 0) is 29.4 Å². The molecule has 0 fully saturated rings. The van der Waals surface area contributed by atoms with Crippen molar-refractivity contribution in [3.63, 3.8) is 0 Å². The number of para-hydroxylation sites is 1. The Hall–Kier alpha value is -2.74. The molecule has 25 heavy (non-hydrogen) atoms. The Balaban J connectivity index is 1.66. The fourth-order valence-electron chi connectivity index (χ4n) is 2.07. The lowest BCUT2D eigenvalue weighted by molar-refractivity contribution is -0.0501. The quantitative estimate of drug-likeness (QED) is 0.461. The normalized spacial score (nSPS) is 10.8. The van der Waals surface area contributed by atoms with Gasteiger partial charge in [0.25, 0.3) is 5.89 Å². The summed E-state index contributed by atoms with van der Waals surface area (Å²) in [7, 11) is 0. The predicted octanol–water partition coefficient (Wildman–Crippen LogP) is 4.31. The molecule has 0 saturated carbocycles. The first-order chi connectivity index (χ1) is 12.1. The van der Waals surface area contributed by atoms with Crippen LogP contribution in [0.25, 0.3) is 11.5 Å². The number of hydrogen-bond acceptors (Lipinski definition) is 6. The number of thioether (sulfide) groups is 1. The van der Waals surface area contributed by atoms with Gasteiger partial charge in [-0.25, -0.2) is 0 Å². The Labute approximate surface area is 146 Å². The van der Waals surface area contributed by atoms with Gasteiger partial charge in [0.2, 0.25) is 5.16 Å². The minimum absolute atomic E-state index is 0.0304. The van der Waals surface area contributed by atoms with Crippen molar-refractivity contribution in [1.82, 2.24) is 10.1 Å². The number of ketones is 1. The summed E-state index contributed by atoms with van der Waals surface area (Å²) < 4.78 is 34.3. The second kappa shape index (κ2) is 7.89. The molecule has 3 aromatic rings. The molecule has 0 N–H and O–H groups in total. The fourth-order valence-corrected chi connectivity index (χ4v) is 2.72. The Kier molecular flexibility index (Phi) is 5.39. The highest BCUT2D eigenvalue weighted by atomic mass is 32.2. The van der Waals surface area contributed by atoms with Gasteiger partial charge in [-0.15, -0.1) is 0 Å². The van der Waals surface area contributed by atoms with E-state index in [1.54, 1.807) is 6.07 Å². The molecule has 0 spiro atoms. The third-order valence-electron chi connectivity index (χ3n) is 3.16. The van der Waals surface area contributed by atoms with Crippen molar-refractivity contribution in [2.75, 3.05) is 5.75 Å². The van der Waals surface area contributed by atoms with Crippen molar-refractivity contribution in [2.45, 2.75) is 11.8 Å². The van der Waals surface area contributed by atoms with Gasteiger partial charge in [-0.3, -0.25) is 4.79 Å². The van der Waals surface area contributed by atoms with Crippen molar-refractivity contribution in [2.24, 2.45) is 0 Å². The number of halogens is 2. The summed E-state index contributed by atoms with van der Waals surface area (Å²) in [6, 6.07) is 15.1. The van der Waals surface area contributed by atoms with Crippen LogP contribution >= 0.6 is 11.8 Å². The van der Waals surface area contributed by atoms with E-state index in [0.717, 1.165) is 17.3 Å². The average Bonchev–Trinajstić information content (AvgIpc) is 3.09. The molecule has 8 heteroatoms. The van der Waals surface area contributed by atoms with Crippen LogP contribution in [0.15, 0.2) is 64.3 Å². The molecule has 1 aromatic heterocycles. The summed E-state index contributed by atoms with van der Waals surface area (Å²) in [6.45, 7) is -2.99. The maximum atomic E-state index is 12.4. The smallest absolute Gasteiger partial charge is 0.387 e. The molecular formula is C17H12F2N2O3S. The van der Waals surface area contributed by atoms with E-state index in [1.165, 1.54) is 18.2 Å². The van der Waals surface area contributed by atoms with Crippen molar-refractivity contribution in [3.05, 3.63) is 60.2 Å². The zero-order valence-corrected chi connectivity index (χ0v) is 13.6. The van der Waals surface area contributed by atoms with Gasteiger partial charge in [0.05, 0.1) is 11.3 Å². The summed E-state index contributed by atoms with van der Waals surface area (Å²) in [6.07, 6.45) is 0. The van der Waals surface area contributed by atoms with E-state index in [2.05, 4.69) is 14.9 Å². The average molecular weight is 362 g/mol. The molecule has 0 bridgehead atoms. The predicted molar refractivity (Wildman–Crippen MR) is 87.9 cm³/mol. The minimum atomic E-state index is -2.99. The first-order valence-corrected chi connectivity index (χ1v) is 8.21. The highest BCUT2D eigenvalue weighted by Gasteiger charge is 2.17. The van der Waals surface area contributed by atoms with Crippen LogP contribution in [-0.4, -0.2) is 28.3 Å². The Morgan fingerprint density at radius 2 is 1.84 bits per heavy atom. The lowest BCUT2D eigenvalue weighted by atomic mass is 10.1. The lowest BCUT2D eigenvalue weighted by Gasteiger charge is -2.08. The SMILES string of the molecule is O=C(CSc1noc(-c2ccccc2)n1)c1ccccc1OC(F)F. The standard InChI is InChI=1S/C17H12F2N2O3S/c18-16(19)23-14-9-5-4-8-12(14)13(22)10-25-17-20-15(24-21-17)11-6-2-1-3-7-11/h1-9,16H,10H2. The molecular weight excluding hydrogens is 350 g/mol. The van der Waals surface area contributed by atoms with Crippen molar-refractivity contribution < 1.29 is 22.8 Å². The molecule has 0 radical (unpaired) electrons. The monoisotopic (exact) mass is 362 g/mol. The van der Waals surface area contributed by atoms with Crippen molar-refractivity contribution >= 4 is 17.5 Å². The minimum Gasteiger partial charge on any atom is -0.434 e. The Bertz CT molecular complexity index is 856. The maximum absolute atomic E-state index is 12.4. The number of carbonyl (C=O) groups excluding carboxylic acids is 1. The van der Waals surface area contributed by atoms with Crippen LogP contribution in [0.2, 0.25) is 0 Å². The number of hydrogen-bond donors (Lipinski definition) is 0. The largest absolute Gasteiger partial charge is 0.434 e. The topological polar surface area (TPSA) is 65.2 Å². The molecule has 0 atom stereocenters. The van der Waals surface area contributed by atoms with E-state index >= 15 is 0 Å². The third-order valence-corrected chi connectivity index (χ3v) is 3.99. The number of ether oxygens (including phenoxy) is 1. The summed E-state index contributed by atoms with van der Waals surface area (Å²) in [5.74, 6) is -0.206. The Morgan fingerprint density at radius 3 is 2.60 bits per heavy atom. The summed E-state index contributed by atoms with van der Waals surface area (Å²) in [5, 5.41) is 4.09. The first kappa shape index (κ1) is 17.1. The molecule has 2 aromatic carbocycles. The molecule has 3 rings (SSSR count). The van der Waals surface area contributed by atoms with Crippen LogP contribution in [-0.2, 0) is 0 Å². The third kappa shape index (κ3) is 4.42. The number of aromatic nitrogens is 2. The second-order valence-corrected chi connectivity index (χ2v) is 5.78. The van der Waals surface area contributed by atoms with Gasteiger partial charge in [0.1, 0.15) is 5.75 Å². The van der Waals surface area contributed by atoms with Crippen LogP contribution in [0.1, 0.15) is 10.4 Å². The number of benzene rings is 2. The van der Waals surface area contributed by atoms with E-state index in [0.29, 0.717) is 11.0 Å². The molecule has 0 unspecified atom stereocenters. The van der Waals surface area contributed by atoms with E-state index in [9.17, 15) is 13.6 Å². The van der Waals surface area contributed by atoms with Gasteiger partial charge in [-0.2, -0.15) is 13.8 Å². The van der Waals surface area contributed by atoms with Crippen LogP contribution in [0.3, 0.4) is 0 Å². The van der Waals surface area contributed by atoms with Crippen molar-refractivity contribution in [1.29, 1.82) is 0 Å². The molecule has 128 valence electrons. The van der Waals surface area contributed by atoms with E-state index in [-0.39, 0.29) is 22.8 Å². The summed E-state index contributed by atoms with van der Waals surface area (Å²) in [5.41, 5.74) is 0.853. The number of rotatable bonds is 7. The van der Waals surface area contributed by atoms with Gasteiger partial charge in [-0.1, -0.05) is 42.1 Å². The highest BCUT2D eigenvalue weighted by Crippen LogP contribution is 2.25. The maximum Gasteiger partial charge on any atom is 0.387 e. The molecule has 0 saturated heterocycles. The molecule has 0 amide bonds. The second-order valence-electron chi connectivity index (χ2n) is 4.83. The highest BCUT2D eigenvalue weighted by molar-refractivity contribution is 7.99. The summed E-state index contributed by atoms with van der Waals surface area (Å²) in [4.78, 5) is 16.5. The number of alkyl halides is 2. The van der Waals surface area contributed by atoms with E-state index in [1.807, 2.05) is 30.3 Å². The van der Waals surface area contributed by atoms with Crippen LogP contribution < -0.4 is 4.74 Å². The zero-order chi connectivity index (χ0) is 17.6. The van der Waals surface area contributed by atoms with Gasteiger partial charge < -0.3 is 9.26 Å². The first-order valence-electron chi connectivity index (χ1n) is 7.22. The van der Waals surface area contributed by atoms with Gasteiger partial charge in [0.15, 0.2) is 5.78 Å². The molecule has 0 aliphatic rings. The van der Waals surface area contributed by atoms with Crippen LogP contribution in [0.5, 0.6) is 5.75 Å². The molecule has 0 aliphatic carbocycles. The van der Waals surface area contributed by atoms with Crippen LogP contribution in [0.4, 0.5) is 8.78 Å². The lowest BCUT2D eigenvalue weighted by Crippen LogP contribution is -2.09. The number of carbonyl (C=O) groups is 1. The molecule has 1 heterocycles. The molecule has 5 nitrogen and oxygen atoms in total. The number of Topliss-reactive ketones (excluding diaryl/α,β-unsaturated/α-hetero) is 1. The van der Waals surface area contributed by atoms with Gasteiger partial charge >= 0.3 is 6.61 Å². The Morgan fingerprint density at radius 1 is 1.12 bits per heavy atom. The fraction of sp³-hybridized carbons (Fsp3) is 0.118. The summed E-state index contributed by atoms with van der Waals surface area (Å²) >= 11 is 1.06. The van der Waals surface area contributed by atoms with E-state index < -0.39 is 6.61 Å². The van der Waals surface area contributed by atoms with E-state index in [4.69, 9.17) is 4.52 Å². The zero-order valence-electron chi connectivity index (χ0n) is 12.8. The molecule has 0 aliphatic heterocycles. The van der Waals surface area contributed by atoms with Gasteiger partial charge in [0, 0.05) is 5.56 Å². The number of nitrogens with zero attached hydrogens (tertiary/aromatic N) is 2.